The summed E-state index contributed by atoms with van der Waals surface area (Å²) in [6, 6.07) is 6.13. The van der Waals surface area contributed by atoms with E-state index in [0.717, 1.165) is 31.2 Å². The van der Waals surface area contributed by atoms with E-state index in [-0.39, 0.29) is 24.4 Å². The van der Waals surface area contributed by atoms with Crippen LogP contribution in [0, 0.1) is 11.7 Å². The van der Waals surface area contributed by atoms with E-state index in [4.69, 9.17) is 4.74 Å². The number of H-pyrrole nitrogens is 1. The van der Waals surface area contributed by atoms with Crippen LogP contribution in [0.15, 0.2) is 24.3 Å². The van der Waals surface area contributed by atoms with Gasteiger partial charge in [0.05, 0.1) is 12.6 Å². The summed E-state index contributed by atoms with van der Waals surface area (Å²) in [7, 11) is 0. The Labute approximate surface area is 151 Å². The number of amides is 1. The standard InChI is InChI=1S/C18H24FN5O2/c19-15-8-4-5-13(11-15)9-10-26-12-16(25)20-17(18-21-23-24-22-18)14-6-2-1-3-7-14/h4-5,8,11,14,17H,1-3,6-7,9-10,12H2,(H,20,25)(H,21,22,23,24). The summed E-state index contributed by atoms with van der Waals surface area (Å²) in [5.74, 6) is 0.364. The van der Waals surface area contributed by atoms with Crippen LogP contribution in [0.3, 0.4) is 0 Å². The highest BCUT2D eigenvalue weighted by molar-refractivity contribution is 5.77. The average Bonchev–Trinajstić information content (AvgIpc) is 3.18. The second kappa shape index (κ2) is 9.38. The maximum Gasteiger partial charge on any atom is 0.246 e. The Morgan fingerprint density at radius 1 is 1.35 bits per heavy atom. The van der Waals surface area contributed by atoms with Crippen LogP contribution in [-0.4, -0.2) is 39.7 Å². The molecular formula is C18H24FN5O2. The molecule has 0 spiro atoms. The maximum absolute atomic E-state index is 13.1. The molecule has 1 unspecified atom stereocenters. The van der Waals surface area contributed by atoms with Crippen LogP contribution in [0.5, 0.6) is 0 Å². The monoisotopic (exact) mass is 361 g/mol. The first-order valence-electron chi connectivity index (χ1n) is 9.07. The van der Waals surface area contributed by atoms with E-state index in [1.807, 2.05) is 6.07 Å². The number of tetrazole rings is 1. The lowest BCUT2D eigenvalue weighted by Gasteiger charge is -2.28. The van der Waals surface area contributed by atoms with Crippen molar-refractivity contribution in [3.8, 4) is 0 Å². The van der Waals surface area contributed by atoms with Crippen molar-refractivity contribution < 1.29 is 13.9 Å². The van der Waals surface area contributed by atoms with E-state index < -0.39 is 0 Å². The molecule has 26 heavy (non-hydrogen) atoms. The molecule has 8 heteroatoms. The topological polar surface area (TPSA) is 92.8 Å². The lowest BCUT2D eigenvalue weighted by molar-refractivity contribution is -0.127. The van der Waals surface area contributed by atoms with Crippen molar-refractivity contribution in [1.29, 1.82) is 0 Å². The number of carbonyl (C=O) groups is 1. The van der Waals surface area contributed by atoms with Crippen LogP contribution in [0.1, 0.15) is 49.5 Å². The first kappa shape index (κ1) is 18.4. The molecule has 0 radical (unpaired) electrons. The van der Waals surface area contributed by atoms with E-state index in [0.29, 0.717) is 24.8 Å². The molecule has 1 saturated carbocycles. The van der Waals surface area contributed by atoms with Gasteiger partial charge >= 0.3 is 0 Å². The zero-order valence-electron chi connectivity index (χ0n) is 14.7. The average molecular weight is 361 g/mol. The molecule has 2 aromatic rings. The number of carbonyl (C=O) groups excluding carboxylic acids is 1. The van der Waals surface area contributed by atoms with Gasteiger partial charge in [0.15, 0.2) is 5.82 Å². The molecule has 1 heterocycles. The summed E-state index contributed by atoms with van der Waals surface area (Å²) < 4.78 is 18.6. The van der Waals surface area contributed by atoms with E-state index >= 15 is 0 Å². The predicted octanol–water partition coefficient (Wildman–Crippen LogP) is 2.34. The maximum atomic E-state index is 13.1. The molecule has 1 aliphatic rings. The third kappa shape index (κ3) is 5.32. The molecule has 7 nitrogen and oxygen atoms in total. The highest BCUT2D eigenvalue weighted by Crippen LogP contribution is 2.32. The number of aromatic amines is 1. The van der Waals surface area contributed by atoms with Gasteiger partial charge in [0.2, 0.25) is 5.91 Å². The van der Waals surface area contributed by atoms with Crippen LogP contribution in [0.4, 0.5) is 4.39 Å². The fourth-order valence-electron chi connectivity index (χ4n) is 3.42. The van der Waals surface area contributed by atoms with Crippen LogP contribution in [-0.2, 0) is 16.0 Å². The molecule has 1 aromatic carbocycles. The Hall–Kier alpha value is -2.35. The highest BCUT2D eigenvalue weighted by Gasteiger charge is 2.29. The molecule has 1 aliphatic carbocycles. The smallest absolute Gasteiger partial charge is 0.246 e. The van der Waals surface area contributed by atoms with Crippen LogP contribution < -0.4 is 5.32 Å². The Morgan fingerprint density at radius 2 is 2.19 bits per heavy atom. The number of benzene rings is 1. The Kier molecular flexibility index (Phi) is 6.65. The number of hydrogen-bond donors (Lipinski definition) is 2. The molecule has 0 bridgehead atoms. The summed E-state index contributed by atoms with van der Waals surface area (Å²) in [5.41, 5.74) is 0.845. The summed E-state index contributed by atoms with van der Waals surface area (Å²) in [6.45, 7) is 0.309. The van der Waals surface area contributed by atoms with E-state index in [1.165, 1.54) is 18.6 Å². The Bertz CT molecular complexity index is 689. The van der Waals surface area contributed by atoms with Crippen molar-refractivity contribution >= 4 is 5.91 Å². The number of aromatic nitrogens is 4. The van der Waals surface area contributed by atoms with Crippen LogP contribution in [0.25, 0.3) is 0 Å². The van der Waals surface area contributed by atoms with Crippen molar-refractivity contribution in [2.45, 2.75) is 44.6 Å². The molecule has 2 N–H and O–H groups in total. The lowest BCUT2D eigenvalue weighted by Crippen LogP contribution is -2.37. The molecule has 0 saturated heterocycles. The highest BCUT2D eigenvalue weighted by atomic mass is 19.1. The molecule has 1 fully saturated rings. The zero-order valence-corrected chi connectivity index (χ0v) is 14.7. The van der Waals surface area contributed by atoms with Gasteiger partial charge < -0.3 is 10.1 Å². The predicted molar refractivity (Wildman–Crippen MR) is 92.6 cm³/mol. The second-order valence-electron chi connectivity index (χ2n) is 6.65. The number of rotatable bonds is 8. The first-order valence-corrected chi connectivity index (χ1v) is 9.07. The zero-order chi connectivity index (χ0) is 18.2. The van der Waals surface area contributed by atoms with Crippen LogP contribution in [0.2, 0.25) is 0 Å². The van der Waals surface area contributed by atoms with E-state index in [2.05, 4.69) is 25.9 Å². The summed E-state index contributed by atoms with van der Waals surface area (Å²) in [6.07, 6.45) is 6.17. The molecule has 1 aromatic heterocycles. The third-order valence-electron chi connectivity index (χ3n) is 4.73. The molecule has 1 atom stereocenters. The molecule has 0 aliphatic heterocycles. The first-order chi connectivity index (χ1) is 12.7. The molecule has 3 rings (SSSR count). The lowest BCUT2D eigenvalue weighted by atomic mass is 9.83. The summed E-state index contributed by atoms with van der Waals surface area (Å²) in [5, 5.41) is 17.2. The van der Waals surface area contributed by atoms with Crippen LogP contribution >= 0.6 is 0 Å². The normalized spacial score (nSPS) is 16.3. The number of nitrogens with one attached hydrogen (secondary N) is 2. The number of nitrogens with zero attached hydrogens (tertiary/aromatic N) is 3. The van der Waals surface area contributed by atoms with Gasteiger partial charge in [-0.2, -0.15) is 5.21 Å². The number of ether oxygens (including phenoxy) is 1. The third-order valence-corrected chi connectivity index (χ3v) is 4.73. The quantitative estimate of drug-likeness (QED) is 0.704. The van der Waals surface area contributed by atoms with Gasteiger partial charge in [-0.25, -0.2) is 4.39 Å². The van der Waals surface area contributed by atoms with Gasteiger partial charge in [0, 0.05) is 0 Å². The SMILES string of the molecule is O=C(COCCc1cccc(F)c1)NC(c1nn[nH]n1)C1CCCCC1. The van der Waals surface area contributed by atoms with Crippen molar-refractivity contribution in [1.82, 2.24) is 25.9 Å². The minimum atomic E-state index is -0.268. The largest absolute Gasteiger partial charge is 0.371 e. The fraction of sp³-hybridized carbons (Fsp3) is 0.556. The van der Waals surface area contributed by atoms with Gasteiger partial charge in [0.25, 0.3) is 0 Å². The van der Waals surface area contributed by atoms with E-state index in [1.54, 1.807) is 6.07 Å². The Morgan fingerprint density at radius 3 is 2.92 bits per heavy atom. The summed E-state index contributed by atoms with van der Waals surface area (Å²) in [4.78, 5) is 12.3. The second-order valence-corrected chi connectivity index (χ2v) is 6.65. The van der Waals surface area contributed by atoms with E-state index in [9.17, 15) is 9.18 Å². The van der Waals surface area contributed by atoms with Gasteiger partial charge in [-0.1, -0.05) is 36.6 Å². The number of halogens is 1. The molecule has 1 amide bonds. The minimum Gasteiger partial charge on any atom is -0.371 e. The van der Waals surface area contributed by atoms with Crippen molar-refractivity contribution in [3.05, 3.63) is 41.5 Å². The van der Waals surface area contributed by atoms with Crippen molar-refractivity contribution in [3.63, 3.8) is 0 Å². The van der Waals surface area contributed by atoms with Gasteiger partial charge in [-0.05, 0) is 42.9 Å². The molecule has 140 valence electrons. The number of hydrogen-bond acceptors (Lipinski definition) is 5. The fourth-order valence-corrected chi connectivity index (χ4v) is 3.42. The van der Waals surface area contributed by atoms with Gasteiger partial charge in [-0.3, -0.25) is 4.79 Å². The summed E-state index contributed by atoms with van der Waals surface area (Å²) >= 11 is 0. The molecular weight excluding hydrogens is 337 g/mol. The minimum absolute atomic E-state index is 0.0453. The van der Waals surface area contributed by atoms with Gasteiger partial charge in [-0.15, -0.1) is 10.2 Å². The Balaban J connectivity index is 1.46. The van der Waals surface area contributed by atoms with Crippen molar-refractivity contribution in [2.75, 3.05) is 13.2 Å². The van der Waals surface area contributed by atoms with Gasteiger partial charge in [0.1, 0.15) is 12.4 Å². The van der Waals surface area contributed by atoms with Crippen molar-refractivity contribution in [2.24, 2.45) is 5.92 Å².